The van der Waals surface area contributed by atoms with Gasteiger partial charge in [-0.1, -0.05) is 17.8 Å². The summed E-state index contributed by atoms with van der Waals surface area (Å²) in [6.45, 7) is 0.576. The maximum Gasteiger partial charge on any atom is 0.192 e. The van der Waals surface area contributed by atoms with Crippen molar-refractivity contribution in [3.63, 3.8) is 0 Å². The standard InChI is InChI=1S/C15H19N5S/c16-8-13(11-2-1-7-17-9-11)21-15-19-18-14(10-3-4-10)20(15)12-5-6-12/h1-2,7,9-10,12-13H,3-6,8,16H2. The van der Waals surface area contributed by atoms with Crippen LogP contribution in [0.2, 0.25) is 0 Å². The molecule has 2 aromatic heterocycles. The van der Waals surface area contributed by atoms with Crippen LogP contribution >= 0.6 is 11.8 Å². The fourth-order valence-corrected chi connectivity index (χ4v) is 3.68. The van der Waals surface area contributed by atoms with E-state index in [-0.39, 0.29) is 5.25 Å². The van der Waals surface area contributed by atoms with Gasteiger partial charge in [0.2, 0.25) is 0 Å². The second kappa shape index (κ2) is 5.42. The molecule has 0 amide bonds. The summed E-state index contributed by atoms with van der Waals surface area (Å²) in [5.74, 6) is 1.84. The molecule has 0 saturated heterocycles. The molecule has 110 valence electrons. The summed E-state index contributed by atoms with van der Waals surface area (Å²) >= 11 is 1.73. The number of nitrogens with zero attached hydrogens (tertiary/aromatic N) is 4. The third-order valence-electron chi connectivity index (χ3n) is 4.06. The first-order chi connectivity index (χ1) is 10.4. The van der Waals surface area contributed by atoms with Gasteiger partial charge in [0, 0.05) is 30.9 Å². The SMILES string of the molecule is NCC(Sc1nnc(C2CC2)n1C1CC1)c1cccnc1. The Bertz CT molecular complexity index is 618. The molecular formula is C15H19N5S. The molecule has 0 radical (unpaired) electrons. The monoisotopic (exact) mass is 301 g/mol. The fraction of sp³-hybridized carbons (Fsp3) is 0.533. The van der Waals surface area contributed by atoms with Crippen LogP contribution in [0.4, 0.5) is 0 Å². The zero-order valence-electron chi connectivity index (χ0n) is 11.9. The second-order valence-electron chi connectivity index (χ2n) is 5.84. The van der Waals surface area contributed by atoms with Crippen LogP contribution in [0.3, 0.4) is 0 Å². The van der Waals surface area contributed by atoms with Crippen LogP contribution < -0.4 is 5.73 Å². The molecule has 0 aliphatic heterocycles. The largest absolute Gasteiger partial charge is 0.329 e. The van der Waals surface area contributed by atoms with Crippen LogP contribution in [0, 0.1) is 0 Å². The molecule has 2 heterocycles. The molecule has 0 aromatic carbocycles. The summed E-state index contributed by atoms with van der Waals surface area (Å²) in [6, 6.07) is 4.65. The third-order valence-corrected chi connectivity index (χ3v) is 5.30. The molecule has 2 saturated carbocycles. The number of hydrogen-bond donors (Lipinski definition) is 1. The van der Waals surface area contributed by atoms with Gasteiger partial charge in [-0.05, 0) is 37.3 Å². The Labute approximate surface area is 128 Å². The van der Waals surface area contributed by atoms with Crippen molar-refractivity contribution in [1.29, 1.82) is 0 Å². The first-order valence-corrected chi connectivity index (χ1v) is 8.46. The number of aromatic nitrogens is 4. The van der Waals surface area contributed by atoms with Crippen molar-refractivity contribution in [1.82, 2.24) is 19.7 Å². The lowest BCUT2D eigenvalue weighted by molar-refractivity contribution is 0.625. The third kappa shape index (κ3) is 2.70. The average molecular weight is 301 g/mol. The lowest BCUT2D eigenvalue weighted by atomic mass is 10.2. The van der Waals surface area contributed by atoms with Crippen molar-refractivity contribution in [3.8, 4) is 0 Å². The van der Waals surface area contributed by atoms with Crippen LogP contribution in [0.25, 0.3) is 0 Å². The Hall–Kier alpha value is -1.40. The maximum absolute atomic E-state index is 5.97. The maximum atomic E-state index is 5.97. The van der Waals surface area contributed by atoms with Gasteiger partial charge in [0.15, 0.2) is 5.16 Å². The summed E-state index contributed by atoms with van der Waals surface area (Å²) in [5, 5.41) is 10.1. The normalized spacial score (nSPS) is 19.7. The van der Waals surface area contributed by atoms with Gasteiger partial charge < -0.3 is 10.3 Å². The second-order valence-corrected chi connectivity index (χ2v) is 7.01. The van der Waals surface area contributed by atoms with Crippen molar-refractivity contribution >= 4 is 11.8 Å². The van der Waals surface area contributed by atoms with Crippen molar-refractivity contribution in [2.75, 3.05) is 6.54 Å². The van der Waals surface area contributed by atoms with E-state index in [9.17, 15) is 0 Å². The number of hydrogen-bond acceptors (Lipinski definition) is 5. The fourth-order valence-electron chi connectivity index (χ4n) is 2.61. The van der Waals surface area contributed by atoms with E-state index in [1.807, 2.05) is 12.3 Å². The molecule has 2 aliphatic rings. The topological polar surface area (TPSA) is 69.6 Å². The molecule has 0 bridgehead atoms. The molecule has 4 rings (SSSR count). The van der Waals surface area contributed by atoms with E-state index in [4.69, 9.17) is 5.73 Å². The Morgan fingerprint density at radius 2 is 2.14 bits per heavy atom. The number of nitrogens with two attached hydrogens (primary N) is 1. The van der Waals surface area contributed by atoms with E-state index < -0.39 is 0 Å². The smallest absolute Gasteiger partial charge is 0.192 e. The molecular weight excluding hydrogens is 282 g/mol. The summed E-state index contributed by atoms with van der Waals surface area (Å²) in [6.07, 6.45) is 8.72. The van der Waals surface area contributed by atoms with Gasteiger partial charge in [-0.25, -0.2) is 0 Å². The summed E-state index contributed by atoms with van der Waals surface area (Å²) < 4.78 is 2.38. The Balaban J connectivity index is 1.61. The predicted molar refractivity (Wildman–Crippen MR) is 82.2 cm³/mol. The summed E-state index contributed by atoms with van der Waals surface area (Å²) in [7, 11) is 0. The highest BCUT2D eigenvalue weighted by atomic mass is 32.2. The van der Waals surface area contributed by atoms with Gasteiger partial charge >= 0.3 is 0 Å². The van der Waals surface area contributed by atoms with Crippen molar-refractivity contribution in [3.05, 3.63) is 35.9 Å². The van der Waals surface area contributed by atoms with Crippen LogP contribution in [0.5, 0.6) is 0 Å². The lowest BCUT2D eigenvalue weighted by Gasteiger charge is -2.15. The molecule has 2 fully saturated rings. The Morgan fingerprint density at radius 3 is 2.76 bits per heavy atom. The van der Waals surface area contributed by atoms with Gasteiger partial charge in [-0.15, -0.1) is 10.2 Å². The van der Waals surface area contributed by atoms with Crippen molar-refractivity contribution in [2.24, 2.45) is 5.73 Å². The first kappa shape index (κ1) is 13.3. The van der Waals surface area contributed by atoms with Crippen LogP contribution in [0.15, 0.2) is 29.7 Å². The van der Waals surface area contributed by atoms with Gasteiger partial charge in [0.25, 0.3) is 0 Å². The number of pyridine rings is 1. The molecule has 2 N–H and O–H groups in total. The van der Waals surface area contributed by atoms with E-state index in [0.717, 1.165) is 10.7 Å². The van der Waals surface area contributed by atoms with E-state index in [2.05, 4.69) is 25.8 Å². The predicted octanol–water partition coefficient (Wildman–Crippen LogP) is 2.68. The minimum Gasteiger partial charge on any atom is -0.329 e. The van der Waals surface area contributed by atoms with Crippen LogP contribution in [-0.2, 0) is 0 Å². The highest BCUT2D eigenvalue weighted by Gasteiger charge is 2.36. The quantitative estimate of drug-likeness (QED) is 0.831. The van der Waals surface area contributed by atoms with Gasteiger partial charge in [-0.3, -0.25) is 4.98 Å². The molecule has 6 heteroatoms. The zero-order chi connectivity index (χ0) is 14.2. The van der Waals surface area contributed by atoms with E-state index >= 15 is 0 Å². The van der Waals surface area contributed by atoms with E-state index in [1.54, 1.807) is 18.0 Å². The molecule has 0 spiro atoms. The highest BCUT2D eigenvalue weighted by molar-refractivity contribution is 7.99. The number of thioether (sulfide) groups is 1. The van der Waals surface area contributed by atoms with Gasteiger partial charge in [-0.2, -0.15) is 0 Å². The number of rotatable bonds is 6. The zero-order valence-corrected chi connectivity index (χ0v) is 12.7. The van der Waals surface area contributed by atoms with Crippen molar-refractivity contribution < 1.29 is 0 Å². The van der Waals surface area contributed by atoms with Gasteiger partial charge in [0.1, 0.15) is 5.82 Å². The molecule has 5 nitrogen and oxygen atoms in total. The molecule has 21 heavy (non-hydrogen) atoms. The Morgan fingerprint density at radius 1 is 1.29 bits per heavy atom. The van der Waals surface area contributed by atoms with E-state index in [0.29, 0.717) is 18.5 Å². The lowest BCUT2D eigenvalue weighted by Crippen LogP contribution is -2.11. The van der Waals surface area contributed by atoms with E-state index in [1.165, 1.54) is 31.5 Å². The minimum absolute atomic E-state index is 0.187. The summed E-state index contributed by atoms with van der Waals surface area (Å²) in [5.41, 5.74) is 7.12. The highest BCUT2D eigenvalue weighted by Crippen LogP contribution is 2.47. The van der Waals surface area contributed by atoms with Crippen LogP contribution in [-0.4, -0.2) is 26.3 Å². The van der Waals surface area contributed by atoms with Gasteiger partial charge in [0.05, 0.1) is 5.25 Å². The first-order valence-electron chi connectivity index (χ1n) is 7.58. The van der Waals surface area contributed by atoms with Crippen LogP contribution in [0.1, 0.15) is 54.3 Å². The Kier molecular flexibility index (Phi) is 3.43. The molecule has 1 atom stereocenters. The average Bonchev–Trinajstić information content (AvgIpc) is 3.44. The molecule has 2 aliphatic carbocycles. The molecule has 1 unspecified atom stereocenters. The summed E-state index contributed by atoms with van der Waals surface area (Å²) in [4.78, 5) is 4.20. The van der Waals surface area contributed by atoms with Crippen molar-refractivity contribution in [2.45, 2.75) is 48.0 Å². The molecule has 2 aromatic rings. The minimum atomic E-state index is 0.187.